The monoisotopic (exact) mass is 348 g/mol. The second-order valence-corrected chi connectivity index (χ2v) is 9.05. The molecule has 4 atom stereocenters. The van der Waals surface area contributed by atoms with Crippen LogP contribution in [0.1, 0.15) is 58.3 Å². The van der Waals surface area contributed by atoms with E-state index >= 15 is 0 Å². The molecule has 0 radical (unpaired) electrons. The number of piperidine rings is 2. The first-order valence-electron chi connectivity index (χ1n) is 11.3. The Morgan fingerprint density at radius 2 is 1.72 bits per heavy atom. The van der Waals surface area contributed by atoms with Gasteiger partial charge in [0, 0.05) is 44.3 Å². The largest absolute Gasteiger partial charge is 0.315 e. The fraction of sp³-hybridized carbons (Fsp3) is 1.00. The molecule has 4 fully saturated rings. The van der Waals surface area contributed by atoms with Crippen molar-refractivity contribution in [3.05, 3.63) is 0 Å². The first kappa shape index (κ1) is 18.2. The second-order valence-electron chi connectivity index (χ2n) is 9.05. The lowest BCUT2D eigenvalue weighted by molar-refractivity contribution is 0.0637. The van der Waals surface area contributed by atoms with Crippen LogP contribution in [0.5, 0.6) is 0 Å². The van der Waals surface area contributed by atoms with Gasteiger partial charge in [0.05, 0.1) is 0 Å². The van der Waals surface area contributed by atoms with Crippen molar-refractivity contribution >= 4 is 0 Å². The molecule has 0 aromatic carbocycles. The van der Waals surface area contributed by atoms with Gasteiger partial charge in [-0.15, -0.1) is 0 Å². The predicted octanol–water partition coefficient (Wildman–Crippen LogP) is 2.40. The summed E-state index contributed by atoms with van der Waals surface area (Å²) in [7, 11) is 0. The van der Waals surface area contributed by atoms with Crippen molar-refractivity contribution in [2.24, 2.45) is 5.92 Å². The Balaban J connectivity index is 1.36. The molecule has 4 unspecified atom stereocenters. The normalized spacial score (nSPS) is 39.2. The van der Waals surface area contributed by atoms with Gasteiger partial charge in [0.25, 0.3) is 0 Å². The first-order valence-corrected chi connectivity index (χ1v) is 11.3. The molecule has 4 aliphatic rings. The fourth-order valence-electron chi connectivity index (χ4n) is 6.07. The van der Waals surface area contributed by atoms with Crippen molar-refractivity contribution in [2.45, 2.75) is 76.4 Å². The van der Waals surface area contributed by atoms with E-state index in [9.17, 15) is 0 Å². The van der Waals surface area contributed by atoms with Crippen LogP contribution in [0, 0.1) is 5.92 Å². The van der Waals surface area contributed by atoms with E-state index in [1.54, 1.807) is 0 Å². The zero-order valence-corrected chi connectivity index (χ0v) is 16.5. The Labute approximate surface area is 155 Å². The van der Waals surface area contributed by atoms with E-state index in [1.165, 1.54) is 104 Å². The topological polar surface area (TPSA) is 21.8 Å². The van der Waals surface area contributed by atoms with Crippen molar-refractivity contribution in [3.63, 3.8) is 0 Å². The number of nitrogens with one attached hydrogen (secondary N) is 1. The average molecular weight is 349 g/mol. The Kier molecular flexibility index (Phi) is 6.33. The number of nitrogens with zero attached hydrogens (tertiary/aromatic N) is 3. The summed E-state index contributed by atoms with van der Waals surface area (Å²) in [6.07, 6.45) is 11.3. The third-order valence-corrected chi connectivity index (χ3v) is 7.60. The quantitative estimate of drug-likeness (QED) is 0.823. The molecule has 144 valence electrons. The Hall–Kier alpha value is -0.160. The molecule has 0 saturated carbocycles. The summed E-state index contributed by atoms with van der Waals surface area (Å²) in [5.41, 5.74) is 0. The van der Waals surface area contributed by atoms with Gasteiger partial charge in [0.2, 0.25) is 0 Å². The van der Waals surface area contributed by atoms with Crippen LogP contribution in [0.3, 0.4) is 0 Å². The lowest BCUT2D eigenvalue weighted by Crippen LogP contribution is -2.55. The molecule has 4 aliphatic heterocycles. The minimum absolute atomic E-state index is 0.779. The van der Waals surface area contributed by atoms with Crippen molar-refractivity contribution < 1.29 is 0 Å². The van der Waals surface area contributed by atoms with Crippen LogP contribution < -0.4 is 5.32 Å². The fourth-order valence-corrected chi connectivity index (χ4v) is 6.07. The third-order valence-electron chi connectivity index (χ3n) is 7.60. The van der Waals surface area contributed by atoms with Gasteiger partial charge in [-0.25, -0.2) is 0 Å². The molecule has 0 aromatic heterocycles. The lowest BCUT2D eigenvalue weighted by atomic mass is 9.89. The third kappa shape index (κ3) is 4.23. The molecule has 4 heteroatoms. The van der Waals surface area contributed by atoms with E-state index in [4.69, 9.17) is 0 Å². The van der Waals surface area contributed by atoms with Crippen LogP contribution in [0.2, 0.25) is 0 Å². The molecular weight excluding hydrogens is 308 g/mol. The van der Waals surface area contributed by atoms with Gasteiger partial charge in [-0.2, -0.15) is 0 Å². The van der Waals surface area contributed by atoms with E-state index in [1.807, 2.05) is 0 Å². The molecule has 0 amide bonds. The smallest absolute Gasteiger partial charge is 0.0262 e. The van der Waals surface area contributed by atoms with Gasteiger partial charge in [0.1, 0.15) is 0 Å². The number of hydrogen-bond donors (Lipinski definition) is 1. The zero-order valence-electron chi connectivity index (χ0n) is 16.5. The molecule has 0 aliphatic carbocycles. The van der Waals surface area contributed by atoms with Gasteiger partial charge in [-0.05, 0) is 77.0 Å². The predicted molar refractivity (Wildman–Crippen MR) is 105 cm³/mol. The van der Waals surface area contributed by atoms with Gasteiger partial charge in [0.15, 0.2) is 0 Å². The van der Waals surface area contributed by atoms with E-state index in [2.05, 4.69) is 26.9 Å². The number of hydrogen-bond acceptors (Lipinski definition) is 4. The maximum Gasteiger partial charge on any atom is 0.0262 e. The molecule has 1 N–H and O–H groups in total. The van der Waals surface area contributed by atoms with Gasteiger partial charge in [-0.3, -0.25) is 9.80 Å². The maximum atomic E-state index is 3.71. The minimum Gasteiger partial charge on any atom is -0.315 e. The van der Waals surface area contributed by atoms with Crippen molar-refractivity contribution in [1.29, 1.82) is 0 Å². The van der Waals surface area contributed by atoms with Gasteiger partial charge in [-0.1, -0.05) is 13.3 Å². The summed E-state index contributed by atoms with van der Waals surface area (Å²) in [4.78, 5) is 8.51. The Bertz CT molecular complexity index is 409. The number of likely N-dealkylation sites (tertiary alicyclic amines) is 3. The van der Waals surface area contributed by atoms with Crippen molar-refractivity contribution in [1.82, 2.24) is 20.0 Å². The highest BCUT2D eigenvalue weighted by atomic mass is 15.3. The maximum absolute atomic E-state index is 3.71. The molecule has 4 nitrogen and oxygen atoms in total. The van der Waals surface area contributed by atoms with Crippen LogP contribution in [0.25, 0.3) is 0 Å². The molecular formula is C21H40N4. The van der Waals surface area contributed by atoms with E-state index in [0.717, 1.165) is 24.0 Å². The van der Waals surface area contributed by atoms with E-state index < -0.39 is 0 Å². The zero-order chi connectivity index (χ0) is 17.1. The molecule has 4 rings (SSSR count). The van der Waals surface area contributed by atoms with Crippen LogP contribution >= 0.6 is 0 Å². The summed E-state index contributed by atoms with van der Waals surface area (Å²) in [6.45, 7) is 12.9. The Morgan fingerprint density at radius 1 is 0.880 bits per heavy atom. The highest BCUT2D eigenvalue weighted by Gasteiger charge is 2.38. The standard InChI is InChI=1S/C21H40N4/c1-2-19-7-3-4-13-24(19)16-18-8-10-22-15-21(18)25-14-9-20(17-25)23-11-5-6-12-23/h18-22H,2-17H2,1H3. The molecule has 0 bridgehead atoms. The van der Waals surface area contributed by atoms with Gasteiger partial charge >= 0.3 is 0 Å². The molecule has 0 aromatic rings. The SMILES string of the molecule is CCC1CCCCN1CC1CCNCC1N1CCC(N2CCCC2)C1. The van der Waals surface area contributed by atoms with Crippen LogP contribution in [0.15, 0.2) is 0 Å². The second kappa shape index (κ2) is 8.69. The highest BCUT2D eigenvalue weighted by molar-refractivity contribution is 4.95. The minimum atomic E-state index is 0.779. The summed E-state index contributed by atoms with van der Waals surface area (Å²) in [5.74, 6) is 0.880. The molecule has 25 heavy (non-hydrogen) atoms. The molecule has 4 saturated heterocycles. The summed E-state index contributed by atoms with van der Waals surface area (Å²) in [6, 6.07) is 2.49. The highest BCUT2D eigenvalue weighted by Crippen LogP contribution is 2.29. The van der Waals surface area contributed by atoms with Crippen LogP contribution in [-0.2, 0) is 0 Å². The molecule has 0 spiro atoms. The first-order chi connectivity index (χ1) is 12.3. The van der Waals surface area contributed by atoms with E-state index in [-0.39, 0.29) is 0 Å². The summed E-state index contributed by atoms with van der Waals surface area (Å²) in [5, 5.41) is 3.71. The van der Waals surface area contributed by atoms with Crippen molar-refractivity contribution in [3.8, 4) is 0 Å². The van der Waals surface area contributed by atoms with Gasteiger partial charge < -0.3 is 10.2 Å². The lowest BCUT2D eigenvalue weighted by Gasteiger charge is -2.44. The average Bonchev–Trinajstić information content (AvgIpc) is 3.34. The Morgan fingerprint density at radius 3 is 2.56 bits per heavy atom. The summed E-state index contributed by atoms with van der Waals surface area (Å²) < 4.78 is 0. The van der Waals surface area contributed by atoms with Crippen LogP contribution in [0.4, 0.5) is 0 Å². The van der Waals surface area contributed by atoms with Crippen LogP contribution in [-0.4, -0.2) is 85.2 Å². The summed E-state index contributed by atoms with van der Waals surface area (Å²) >= 11 is 0. The molecule has 4 heterocycles. The number of rotatable bonds is 5. The van der Waals surface area contributed by atoms with Crippen molar-refractivity contribution in [2.75, 3.05) is 52.4 Å². The van der Waals surface area contributed by atoms with E-state index in [0.29, 0.717) is 0 Å².